The van der Waals surface area contributed by atoms with Gasteiger partial charge >= 0.3 is 0 Å². The van der Waals surface area contributed by atoms with Crippen LogP contribution in [0.1, 0.15) is 23.1 Å². The number of fused-ring (bicyclic) bond motifs is 4. The van der Waals surface area contributed by atoms with E-state index in [1.807, 2.05) is 49.6 Å². The monoisotopic (exact) mass is 458 g/mol. The SMILES string of the molecule is CNCc1cn(S(=O)(=O)c2csc3ccccc23)c2c1CCCc1ccccc1-2.Cl. The second-order valence-corrected chi connectivity index (χ2v) is 10.1. The molecule has 0 radical (unpaired) electrons. The Morgan fingerprint density at radius 2 is 1.83 bits per heavy atom. The predicted molar refractivity (Wildman–Crippen MR) is 126 cm³/mol. The highest BCUT2D eigenvalue weighted by molar-refractivity contribution is 7.90. The van der Waals surface area contributed by atoms with Crippen molar-refractivity contribution >= 4 is 43.9 Å². The smallest absolute Gasteiger partial charge is 0.269 e. The molecule has 0 amide bonds. The summed E-state index contributed by atoms with van der Waals surface area (Å²) in [5.74, 6) is 0. The number of halogens is 1. The largest absolute Gasteiger partial charge is 0.316 e. The average molecular weight is 459 g/mol. The first-order chi connectivity index (χ1) is 14.1. The molecule has 1 aliphatic rings. The number of rotatable bonds is 4. The molecule has 0 aliphatic heterocycles. The second-order valence-electron chi connectivity index (χ2n) is 7.42. The van der Waals surface area contributed by atoms with Gasteiger partial charge in [0.1, 0.15) is 4.90 Å². The van der Waals surface area contributed by atoms with Gasteiger partial charge in [0.25, 0.3) is 10.0 Å². The third kappa shape index (κ3) is 3.28. The Labute approximate surface area is 187 Å². The minimum absolute atomic E-state index is 0. The summed E-state index contributed by atoms with van der Waals surface area (Å²) in [4.78, 5) is 0.383. The van der Waals surface area contributed by atoms with Crippen LogP contribution in [0.3, 0.4) is 0 Å². The first-order valence-corrected chi connectivity index (χ1v) is 12.1. The summed E-state index contributed by atoms with van der Waals surface area (Å²) < 4.78 is 30.3. The second kappa shape index (κ2) is 8.19. The Bertz CT molecular complexity index is 1320. The van der Waals surface area contributed by atoms with Crippen molar-refractivity contribution < 1.29 is 8.42 Å². The van der Waals surface area contributed by atoms with Crippen molar-refractivity contribution in [2.24, 2.45) is 0 Å². The molecule has 0 bridgehead atoms. The molecule has 5 rings (SSSR count). The van der Waals surface area contributed by atoms with E-state index in [1.165, 1.54) is 20.9 Å². The van der Waals surface area contributed by atoms with Crippen LogP contribution in [0.4, 0.5) is 0 Å². The number of thiophene rings is 1. The summed E-state index contributed by atoms with van der Waals surface area (Å²) in [7, 11) is -1.82. The molecule has 0 atom stereocenters. The fourth-order valence-corrected chi connectivity index (χ4v) is 7.25. The molecular formula is C23H23ClN2O2S2. The van der Waals surface area contributed by atoms with E-state index in [2.05, 4.69) is 17.4 Å². The van der Waals surface area contributed by atoms with Crippen molar-refractivity contribution in [1.29, 1.82) is 0 Å². The molecule has 7 heteroatoms. The third-order valence-electron chi connectivity index (χ3n) is 5.66. The molecule has 0 spiro atoms. The van der Waals surface area contributed by atoms with Crippen LogP contribution in [-0.4, -0.2) is 19.4 Å². The highest BCUT2D eigenvalue weighted by Crippen LogP contribution is 2.39. The van der Waals surface area contributed by atoms with Crippen molar-refractivity contribution in [3.8, 4) is 11.3 Å². The minimum atomic E-state index is -3.72. The number of nitrogens with zero attached hydrogens (tertiary/aromatic N) is 1. The van der Waals surface area contributed by atoms with Gasteiger partial charge < -0.3 is 5.32 Å². The summed E-state index contributed by atoms with van der Waals surface area (Å²) in [6.07, 6.45) is 4.69. The van der Waals surface area contributed by atoms with Gasteiger partial charge in [-0.05, 0) is 49.1 Å². The van der Waals surface area contributed by atoms with Gasteiger partial charge in [-0.1, -0.05) is 42.5 Å². The van der Waals surface area contributed by atoms with E-state index in [4.69, 9.17) is 0 Å². The van der Waals surface area contributed by atoms with Crippen LogP contribution >= 0.6 is 23.7 Å². The normalized spacial score (nSPS) is 13.4. The Kier molecular flexibility index (Phi) is 5.77. The van der Waals surface area contributed by atoms with Crippen molar-refractivity contribution in [3.63, 3.8) is 0 Å². The predicted octanol–water partition coefficient (Wildman–Crippen LogP) is 5.24. The molecule has 0 unspecified atom stereocenters. The number of nitrogens with one attached hydrogen (secondary N) is 1. The first-order valence-electron chi connectivity index (χ1n) is 9.79. The zero-order valence-corrected chi connectivity index (χ0v) is 19.0. The van der Waals surface area contributed by atoms with Crippen molar-refractivity contribution in [2.75, 3.05) is 7.05 Å². The molecule has 0 saturated heterocycles. The molecule has 2 aromatic heterocycles. The van der Waals surface area contributed by atoms with Crippen LogP contribution in [-0.2, 0) is 29.4 Å². The van der Waals surface area contributed by atoms with Crippen LogP contribution in [0.2, 0.25) is 0 Å². The lowest BCUT2D eigenvalue weighted by Gasteiger charge is -2.13. The minimum Gasteiger partial charge on any atom is -0.316 e. The molecule has 30 heavy (non-hydrogen) atoms. The van der Waals surface area contributed by atoms with Gasteiger partial charge in [-0.2, -0.15) is 0 Å². The van der Waals surface area contributed by atoms with Gasteiger partial charge in [0, 0.05) is 33.8 Å². The fourth-order valence-electron chi connectivity index (χ4n) is 4.35. The van der Waals surface area contributed by atoms with E-state index >= 15 is 0 Å². The van der Waals surface area contributed by atoms with Crippen LogP contribution < -0.4 is 5.32 Å². The van der Waals surface area contributed by atoms with E-state index in [0.717, 1.165) is 51.7 Å². The third-order valence-corrected chi connectivity index (χ3v) is 8.47. The van der Waals surface area contributed by atoms with E-state index in [-0.39, 0.29) is 12.4 Å². The maximum atomic E-state index is 13.9. The van der Waals surface area contributed by atoms with Gasteiger partial charge in [-0.15, -0.1) is 23.7 Å². The summed E-state index contributed by atoms with van der Waals surface area (Å²) >= 11 is 1.47. The lowest BCUT2D eigenvalue weighted by molar-refractivity contribution is 0.589. The number of aromatic nitrogens is 1. The average Bonchev–Trinajstić information content (AvgIpc) is 3.26. The molecule has 2 aromatic carbocycles. The maximum Gasteiger partial charge on any atom is 0.269 e. The Morgan fingerprint density at radius 3 is 2.67 bits per heavy atom. The lowest BCUT2D eigenvalue weighted by atomic mass is 10.0. The summed E-state index contributed by atoms with van der Waals surface area (Å²) in [5, 5.41) is 5.76. The van der Waals surface area contributed by atoms with Gasteiger partial charge in [0.05, 0.1) is 5.69 Å². The molecule has 1 N–H and O–H groups in total. The first kappa shape index (κ1) is 21.1. The van der Waals surface area contributed by atoms with Crippen molar-refractivity contribution in [2.45, 2.75) is 30.7 Å². The Balaban J connectivity index is 0.00000218. The zero-order valence-electron chi connectivity index (χ0n) is 16.6. The highest BCUT2D eigenvalue weighted by Gasteiger charge is 2.29. The van der Waals surface area contributed by atoms with E-state index in [0.29, 0.717) is 11.4 Å². The van der Waals surface area contributed by atoms with Gasteiger partial charge in [-0.25, -0.2) is 12.4 Å². The lowest BCUT2D eigenvalue weighted by Crippen LogP contribution is -2.13. The standard InChI is InChI=1S/C23H22N2O2S2.ClH/c1-24-13-17-14-25(23-18-9-3-2-7-16(18)8-6-11-19(17)23)29(26,27)22-15-28-21-12-5-4-10-20(21)22;/h2-5,7,9-10,12,14-15,24H,6,8,11,13H2,1H3;1H. The maximum absolute atomic E-state index is 13.9. The molecular weight excluding hydrogens is 436 g/mol. The van der Waals surface area contributed by atoms with Gasteiger partial charge in [0.15, 0.2) is 0 Å². The van der Waals surface area contributed by atoms with Crippen molar-refractivity contribution in [3.05, 3.63) is 76.8 Å². The van der Waals surface area contributed by atoms with E-state index in [1.54, 1.807) is 5.38 Å². The molecule has 0 saturated carbocycles. The number of benzene rings is 2. The molecule has 0 fully saturated rings. The molecule has 156 valence electrons. The van der Waals surface area contributed by atoms with Gasteiger partial charge in [-0.3, -0.25) is 0 Å². The zero-order chi connectivity index (χ0) is 20.0. The number of hydrogen-bond donors (Lipinski definition) is 1. The van der Waals surface area contributed by atoms with Crippen LogP contribution in [0.5, 0.6) is 0 Å². The van der Waals surface area contributed by atoms with E-state index in [9.17, 15) is 8.42 Å². The van der Waals surface area contributed by atoms with Crippen LogP contribution in [0, 0.1) is 0 Å². The fraction of sp³-hybridized carbons (Fsp3) is 0.217. The Morgan fingerprint density at radius 1 is 1.07 bits per heavy atom. The molecule has 4 nitrogen and oxygen atoms in total. The quantitative estimate of drug-likeness (QED) is 0.455. The van der Waals surface area contributed by atoms with Crippen LogP contribution in [0.15, 0.2) is 65.0 Å². The molecule has 2 heterocycles. The molecule has 4 aromatic rings. The van der Waals surface area contributed by atoms with E-state index < -0.39 is 10.0 Å². The topological polar surface area (TPSA) is 51.1 Å². The number of aryl methyl sites for hydroxylation is 1. The molecule has 1 aliphatic carbocycles. The van der Waals surface area contributed by atoms with Crippen LogP contribution in [0.25, 0.3) is 21.3 Å². The summed E-state index contributed by atoms with van der Waals surface area (Å²) in [5.41, 5.74) is 5.28. The van der Waals surface area contributed by atoms with Gasteiger partial charge in [0.2, 0.25) is 0 Å². The summed E-state index contributed by atoms with van der Waals surface area (Å²) in [6.45, 7) is 0.650. The van der Waals surface area contributed by atoms with Crippen molar-refractivity contribution in [1.82, 2.24) is 9.29 Å². The summed E-state index contributed by atoms with van der Waals surface area (Å²) in [6, 6.07) is 15.9. The highest BCUT2D eigenvalue weighted by atomic mass is 35.5. The number of hydrogen-bond acceptors (Lipinski definition) is 4. The Hall–Kier alpha value is -2.12.